The summed E-state index contributed by atoms with van der Waals surface area (Å²) in [6.07, 6.45) is 3.38. The van der Waals surface area contributed by atoms with Crippen LogP contribution < -0.4 is 39.2 Å². The number of rotatable bonds is 10. The fourth-order valence-corrected chi connectivity index (χ4v) is 5.68. The molecular weight excluding hydrogens is 518 g/mol. The predicted molar refractivity (Wildman–Crippen MR) is 154 cm³/mol. The van der Waals surface area contributed by atoms with Gasteiger partial charge >= 0.3 is 0 Å². The predicted octanol–water partition coefficient (Wildman–Crippen LogP) is 5.26. The average molecular weight is 554 g/mol. The lowest BCUT2D eigenvalue weighted by molar-refractivity contribution is 0.321. The molecule has 0 fully saturated rings. The SMILES string of the molecule is COc1ccc(CNC2CCc3cc(OC)c(OC)c(OC)c3-c3ccc(SC)c(=O)cc32)c(OC)c1OC. The van der Waals surface area contributed by atoms with E-state index >= 15 is 0 Å². The summed E-state index contributed by atoms with van der Waals surface area (Å²) in [6, 6.07) is 11.3. The Morgan fingerprint density at radius 1 is 0.795 bits per heavy atom. The van der Waals surface area contributed by atoms with Gasteiger partial charge in [0, 0.05) is 23.7 Å². The number of hydrogen-bond acceptors (Lipinski definition) is 9. The van der Waals surface area contributed by atoms with Crippen molar-refractivity contribution in [3.05, 3.63) is 63.3 Å². The zero-order valence-electron chi connectivity index (χ0n) is 23.4. The van der Waals surface area contributed by atoms with Crippen molar-refractivity contribution in [3.8, 4) is 45.6 Å². The van der Waals surface area contributed by atoms with Gasteiger partial charge in [0.05, 0.1) is 47.6 Å². The summed E-state index contributed by atoms with van der Waals surface area (Å²) in [5.41, 5.74) is 4.65. The van der Waals surface area contributed by atoms with Crippen LogP contribution in [0.5, 0.6) is 34.5 Å². The van der Waals surface area contributed by atoms with E-state index in [2.05, 4.69) is 5.32 Å². The summed E-state index contributed by atoms with van der Waals surface area (Å²) in [5, 5.41) is 3.68. The number of benzene rings is 2. The molecule has 8 nitrogen and oxygen atoms in total. The summed E-state index contributed by atoms with van der Waals surface area (Å²) in [4.78, 5) is 13.9. The van der Waals surface area contributed by atoms with E-state index in [1.165, 1.54) is 11.8 Å². The maximum Gasteiger partial charge on any atom is 0.203 e. The van der Waals surface area contributed by atoms with Crippen LogP contribution in [0.25, 0.3) is 11.1 Å². The van der Waals surface area contributed by atoms with Crippen LogP contribution in [0.1, 0.15) is 29.2 Å². The molecule has 1 aliphatic rings. The Morgan fingerprint density at radius 2 is 1.46 bits per heavy atom. The van der Waals surface area contributed by atoms with Crippen LogP contribution in [0, 0.1) is 0 Å². The molecule has 0 aliphatic heterocycles. The minimum absolute atomic E-state index is 0.0258. The number of nitrogens with one attached hydrogen (secondary N) is 1. The van der Waals surface area contributed by atoms with Crippen molar-refractivity contribution in [1.82, 2.24) is 5.32 Å². The first kappa shape index (κ1) is 28.4. The van der Waals surface area contributed by atoms with Gasteiger partial charge in [0.15, 0.2) is 28.4 Å². The smallest absolute Gasteiger partial charge is 0.203 e. The van der Waals surface area contributed by atoms with Gasteiger partial charge < -0.3 is 33.7 Å². The van der Waals surface area contributed by atoms with E-state index < -0.39 is 0 Å². The van der Waals surface area contributed by atoms with Crippen LogP contribution in [0.4, 0.5) is 0 Å². The van der Waals surface area contributed by atoms with Crippen LogP contribution in [-0.4, -0.2) is 48.9 Å². The molecule has 0 aromatic heterocycles. The Kier molecular flexibility index (Phi) is 9.14. The molecule has 0 amide bonds. The summed E-state index contributed by atoms with van der Waals surface area (Å²) in [5.74, 6) is 3.44. The minimum atomic E-state index is -0.137. The zero-order valence-corrected chi connectivity index (χ0v) is 24.2. The highest BCUT2D eigenvalue weighted by Gasteiger charge is 2.29. The third-order valence-electron chi connectivity index (χ3n) is 7.05. The molecule has 9 heteroatoms. The first-order valence-corrected chi connectivity index (χ1v) is 13.7. The normalized spacial score (nSPS) is 14.0. The van der Waals surface area contributed by atoms with Crippen LogP contribution >= 0.6 is 11.8 Å². The van der Waals surface area contributed by atoms with Crippen LogP contribution in [0.2, 0.25) is 0 Å². The zero-order chi connectivity index (χ0) is 28.1. The van der Waals surface area contributed by atoms with Crippen molar-refractivity contribution in [2.24, 2.45) is 0 Å². The first-order chi connectivity index (χ1) is 19.0. The van der Waals surface area contributed by atoms with Crippen LogP contribution in [0.15, 0.2) is 46.1 Å². The molecule has 4 rings (SSSR count). The van der Waals surface area contributed by atoms with Gasteiger partial charge in [0.1, 0.15) is 0 Å². The monoisotopic (exact) mass is 553 g/mol. The van der Waals surface area contributed by atoms with Gasteiger partial charge in [-0.05, 0) is 60.1 Å². The summed E-state index contributed by atoms with van der Waals surface area (Å²) < 4.78 is 33.9. The highest BCUT2D eigenvalue weighted by Crippen LogP contribution is 2.50. The molecule has 3 aromatic rings. The molecule has 0 saturated heterocycles. The molecule has 3 aromatic carbocycles. The Morgan fingerprint density at radius 3 is 2.08 bits per heavy atom. The lowest BCUT2D eigenvalue weighted by Gasteiger charge is -2.21. The second kappa shape index (κ2) is 12.5. The van der Waals surface area contributed by atoms with Crippen molar-refractivity contribution in [2.75, 3.05) is 48.9 Å². The average Bonchev–Trinajstić information content (AvgIpc) is 3.21. The number of methoxy groups -OCH3 is 6. The Balaban J connectivity index is 1.87. The van der Waals surface area contributed by atoms with E-state index in [4.69, 9.17) is 28.4 Å². The van der Waals surface area contributed by atoms with E-state index in [1.807, 2.05) is 36.6 Å². The van der Waals surface area contributed by atoms with E-state index in [9.17, 15) is 4.79 Å². The van der Waals surface area contributed by atoms with E-state index in [-0.39, 0.29) is 11.5 Å². The fraction of sp³-hybridized carbons (Fsp3) is 0.367. The minimum Gasteiger partial charge on any atom is -0.493 e. The van der Waals surface area contributed by atoms with E-state index in [1.54, 1.807) is 48.7 Å². The molecule has 208 valence electrons. The van der Waals surface area contributed by atoms with E-state index in [0.29, 0.717) is 45.9 Å². The number of thioether (sulfide) groups is 1. The molecule has 0 bridgehead atoms. The number of ether oxygens (including phenoxy) is 6. The summed E-state index contributed by atoms with van der Waals surface area (Å²) >= 11 is 1.43. The molecule has 1 N–H and O–H groups in total. The molecule has 1 unspecified atom stereocenters. The van der Waals surface area contributed by atoms with Crippen molar-refractivity contribution in [1.29, 1.82) is 0 Å². The number of fused-ring (bicyclic) bond motifs is 3. The van der Waals surface area contributed by atoms with Gasteiger partial charge in [-0.25, -0.2) is 0 Å². The van der Waals surface area contributed by atoms with Gasteiger partial charge in [-0.15, -0.1) is 11.8 Å². The second-order valence-corrected chi connectivity index (χ2v) is 9.77. The largest absolute Gasteiger partial charge is 0.493 e. The Hall–Kier alpha value is -3.56. The van der Waals surface area contributed by atoms with E-state index in [0.717, 1.165) is 40.7 Å². The highest BCUT2D eigenvalue weighted by atomic mass is 32.2. The molecule has 0 saturated carbocycles. The molecule has 0 radical (unpaired) electrons. The molecule has 1 atom stereocenters. The van der Waals surface area contributed by atoms with Crippen molar-refractivity contribution in [2.45, 2.75) is 30.3 Å². The van der Waals surface area contributed by atoms with Gasteiger partial charge in [0.2, 0.25) is 11.5 Å². The van der Waals surface area contributed by atoms with Crippen LogP contribution in [-0.2, 0) is 13.0 Å². The third kappa shape index (κ3) is 5.33. The molecule has 0 spiro atoms. The maximum absolute atomic E-state index is 13.2. The highest BCUT2D eigenvalue weighted by molar-refractivity contribution is 7.98. The lowest BCUT2D eigenvalue weighted by Crippen LogP contribution is -2.22. The van der Waals surface area contributed by atoms with Crippen molar-refractivity contribution >= 4 is 11.8 Å². The fourth-order valence-electron chi connectivity index (χ4n) is 5.21. The van der Waals surface area contributed by atoms with Gasteiger partial charge in [0.25, 0.3) is 0 Å². The first-order valence-electron chi connectivity index (χ1n) is 12.5. The second-order valence-electron chi connectivity index (χ2n) is 8.92. The standard InChI is InChI=1S/C30H35NO7S/c1-33-23-12-9-18(27(35-3)28(23)36-4)16-31-21-11-8-17-14-24(34-2)29(37-5)30(38-6)26(17)19-10-13-25(39-7)22(32)15-20(19)21/h9-10,12-15,21,31H,8,11,16H2,1-7H3. The molecule has 39 heavy (non-hydrogen) atoms. The van der Waals surface area contributed by atoms with Gasteiger partial charge in [-0.3, -0.25) is 4.79 Å². The number of hydrogen-bond donors (Lipinski definition) is 1. The summed E-state index contributed by atoms with van der Waals surface area (Å²) in [7, 11) is 9.62. The topological polar surface area (TPSA) is 84.5 Å². The third-order valence-corrected chi connectivity index (χ3v) is 7.82. The Bertz CT molecular complexity index is 1410. The summed E-state index contributed by atoms with van der Waals surface area (Å²) in [6.45, 7) is 0.482. The quantitative estimate of drug-likeness (QED) is 0.338. The lowest BCUT2D eigenvalue weighted by atomic mass is 9.95. The number of aryl methyl sites for hydroxylation is 1. The van der Waals surface area contributed by atoms with Gasteiger partial charge in [-0.2, -0.15) is 0 Å². The maximum atomic E-state index is 13.2. The molecule has 1 aliphatic carbocycles. The van der Waals surface area contributed by atoms with Crippen molar-refractivity contribution in [3.63, 3.8) is 0 Å². The van der Waals surface area contributed by atoms with Crippen LogP contribution in [0.3, 0.4) is 0 Å². The van der Waals surface area contributed by atoms with Gasteiger partial charge in [-0.1, -0.05) is 12.1 Å². The molecule has 0 heterocycles. The molecular formula is C30H35NO7S. The Labute approximate surface area is 233 Å². The van der Waals surface area contributed by atoms with Crippen molar-refractivity contribution < 1.29 is 28.4 Å².